The number of thiophene rings is 1. The molecule has 0 aromatic carbocycles. The van der Waals surface area contributed by atoms with Crippen LogP contribution in [0.15, 0.2) is 15.2 Å². The van der Waals surface area contributed by atoms with Gasteiger partial charge in [0, 0.05) is 25.0 Å². The monoisotopic (exact) mass is 376 g/mol. The number of halogens is 1. The van der Waals surface area contributed by atoms with Gasteiger partial charge in [-0.2, -0.15) is 0 Å². The number of aliphatic carboxylic acids is 1. The second-order valence-electron chi connectivity index (χ2n) is 4.97. The van der Waals surface area contributed by atoms with Crippen LogP contribution >= 0.6 is 27.3 Å². The van der Waals surface area contributed by atoms with Gasteiger partial charge in [0.2, 0.25) is 0 Å². The molecule has 116 valence electrons. The van der Waals surface area contributed by atoms with Crippen LogP contribution in [0, 0.1) is 0 Å². The highest BCUT2D eigenvalue weighted by atomic mass is 79.9. The molecular formula is C13H17BrN2O4S. The molecule has 1 N–H and O–H groups in total. The fourth-order valence-corrected chi connectivity index (χ4v) is 3.39. The molecule has 1 aliphatic rings. The van der Waals surface area contributed by atoms with E-state index in [9.17, 15) is 9.59 Å². The Morgan fingerprint density at radius 3 is 3.00 bits per heavy atom. The average Bonchev–Trinajstić information content (AvgIpc) is 2.84. The van der Waals surface area contributed by atoms with Crippen LogP contribution in [0.25, 0.3) is 0 Å². The molecule has 0 spiro atoms. The number of morpholine rings is 1. The summed E-state index contributed by atoms with van der Waals surface area (Å²) < 4.78 is 6.54. The molecule has 6 nitrogen and oxygen atoms in total. The number of nitrogens with zero attached hydrogens (tertiary/aromatic N) is 2. The van der Waals surface area contributed by atoms with Crippen LogP contribution in [0.2, 0.25) is 0 Å². The van der Waals surface area contributed by atoms with Crippen LogP contribution < -0.4 is 0 Å². The number of ether oxygens (including phenoxy) is 1. The first-order chi connectivity index (χ1) is 9.95. The van der Waals surface area contributed by atoms with Gasteiger partial charge in [0.25, 0.3) is 5.91 Å². The number of hydrogen-bond acceptors (Lipinski definition) is 5. The lowest BCUT2D eigenvalue weighted by Crippen LogP contribution is -2.49. The van der Waals surface area contributed by atoms with Crippen molar-refractivity contribution in [2.24, 2.45) is 0 Å². The summed E-state index contributed by atoms with van der Waals surface area (Å²) in [6.07, 6.45) is -0.158. The molecule has 8 heteroatoms. The number of carboxylic acids is 1. The van der Waals surface area contributed by atoms with E-state index in [2.05, 4.69) is 15.9 Å². The van der Waals surface area contributed by atoms with Crippen LogP contribution in [0.1, 0.15) is 10.4 Å². The Hall–Kier alpha value is -0.960. The van der Waals surface area contributed by atoms with E-state index in [1.807, 2.05) is 11.4 Å². The van der Waals surface area contributed by atoms with E-state index in [1.165, 1.54) is 11.3 Å². The minimum Gasteiger partial charge on any atom is -0.480 e. The molecule has 1 saturated heterocycles. The van der Waals surface area contributed by atoms with Gasteiger partial charge in [0.05, 0.1) is 28.6 Å². The van der Waals surface area contributed by atoms with Gasteiger partial charge >= 0.3 is 5.97 Å². The summed E-state index contributed by atoms with van der Waals surface area (Å²) in [6.45, 7) is 1.97. The molecule has 1 amide bonds. The van der Waals surface area contributed by atoms with Crippen LogP contribution in [0.3, 0.4) is 0 Å². The summed E-state index contributed by atoms with van der Waals surface area (Å²) in [5.74, 6) is -0.879. The fourth-order valence-electron chi connectivity index (χ4n) is 2.26. The van der Waals surface area contributed by atoms with E-state index < -0.39 is 5.97 Å². The van der Waals surface area contributed by atoms with Crippen LogP contribution in [0.4, 0.5) is 0 Å². The standard InChI is InChI=1S/C13H17BrN2O4S/c1-15(7-12(17)18)5-10-6-16(2-3-20-10)13(19)9-4-11(14)21-8-9/h4,8,10H,2-3,5-7H2,1H3,(H,17,18). The number of carbonyl (C=O) groups excluding carboxylic acids is 1. The molecular weight excluding hydrogens is 360 g/mol. The molecule has 0 aliphatic carbocycles. The molecule has 0 radical (unpaired) electrons. The second kappa shape index (κ2) is 7.35. The number of carbonyl (C=O) groups is 2. The maximum Gasteiger partial charge on any atom is 0.317 e. The highest BCUT2D eigenvalue weighted by Crippen LogP contribution is 2.22. The third-order valence-electron chi connectivity index (χ3n) is 3.16. The maximum absolute atomic E-state index is 12.4. The summed E-state index contributed by atoms with van der Waals surface area (Å²) in [4.78, 5) is 26.5. The van der Waals surface area contributed by atoms with E-state index in [4.69, 9.17) is 9.84 Å². The lowest BCUT2D eigenvalue weighted by molar-refractivity contribution is -0.138. The van der Waals surface area contributed by atoms with Crippen molar-refractivity contribution in [1.82, 2.24) is 9.80 Å². The maximum atomic E-state index is 12.4. The smallest absolute Gasteiger partial charge is 0.317 e. The highest BCUT2D eigenvalue weighted by Gasteiger charge is 2.26. The Morgan fingerprint density at radius 1 is 1.62 bits per heavy atom. The lowest BCUT2D eigenvalue weighted by Gasteiger charge is -2.34. The number of likely N-dealkylation sites (N-methyl/N-ethyl adjacent to an activating group) is 1. The topological polar surface area (TPSA) is 70.1 Å². The molecule has 1 fully saturated rings. The van der Waals surface area contributed by atoms with Gasteiger partial charge in [-0.15, -0.1) is 11.3 Å². The molecule has 1 aliphatic heterocycles. The Balaban J connectivity index is 1.91. The zero-order valence-electron chi connectivity index (χ0n) is 11.6. The van der Waals surface area contributed by atoms with E-state index in [0.717, 1.165) is 3.79 Å². The Morgan fingerprint density at radius 2 is 2.38 bits per heavy atom. The first-order valence-corrected chi connectivity index (χ1v) is 8.18. The lowest BCUT2D eigenvalue weighted by atomic mass is 10.2. The molecule has 2 heterocycles. The molecule has 1 unspecified atom stereocenters. The van der Waals surface area contributed by atoms with Crippen molar-refractivity contribution in [3.05, 3.63) is 20.8 Å². The van der Waals surface area contributed by atoms with E-state index in [-0.39, 0.29) is 18.6 Å². The molecule has 1 aromatic heterocycles. The van der Waals surface area contributed by atoms with Crippen molar-refractivity contribution in [1.29, 1.82) is 0 Å². The van der Waals surface area contributed by atoms with Crippen LogP contribution in [-0.2, 0) is 9.53 Å². The van der Waals surface area contributed by atoms with Gasteiger partial charge in [-0.3, -0.25) is 14.5 Å². The van der Waals surface area contributed by atoms with Gasteiger partial charge in [-0.1, -0.05) is 0 Å². The van der Waals surface area contributed by atoms with Gasteiger partial charge in [0.1, 0.15) is 0 Å². The van der Waals surface area contributed by atoms with Crippen molar-refractivity contribution in [2.45, 2.75) is 6.10 Å². The number of hydrogen-bond donors (Lipinski definition) is 1. The van der Waals surface area contributed by atoms with Crippen molar-refractivity contribution in [3.8, 4) is 0 Å². The minimum absolute atomic E-state index is 0.00821. The number of rotatable bonds is 5. The van der Waals surface area contributed by atoms with Gasteiger partial charge in [-0.05, 0) is 29.0 Å². The predicted molar refractivity (Wildman–Crippen MR) is 82.8 cm³/mol. The largest absolute Gasteiger partial charge is 0.480 e. The third-order valence-corrected chi connectivity index (χ3v) is 4.67. The zero-order valence-corrected chi connectivity index (χ0v) is 14.0. The van der Waals surface area contributed by atoms with E-state index in [1.54, 1.807) is 16.8 Å². The number of amides is 1. The van der Waals surface area contributed by atoms with Gasteiger partial charge < -0.3 is 14.7 Å². The summed E-state index contributed by atoms with van der Waals surface area (Å²) in [7, 11) is 1.73. The molecule has 0 saturated carbocycles. The Bertz CT molecular complexity index is 522. The van der Waals surface area contributed by atoms with Crippen molar-refractivity contribution in [2.75, 3.05) is 39.8 Å². The normalized spacial score (nSPS) is 19.0. The summed E-state index contributed by atoms with van der Waals surface area (Å²) in [5, 5.41) is 10.6. The van der Waals surface area contributed by atoms with Gasteiger partial charge in [0.15, 0.2) is 0 Å². The van der Waals surface area contributed by atoms with Crippen molar-refractivity contribution >= 4 is 39.1 Å². The Labute approximate surface area is 135 Å². The summed E-state index contributed by atoms with van der Waals surface area (Å²) in [5.41, 5.74) is 0.673. The summed E-state index contributed by atoms with van der Waals surface area (Å²) in [6, 6.07) is 1.81. The van der Waals surface area contributed by atoms with Crippen LogP contribution in [-0.4, -0.2) is 72.7 Å². The van der Waals surface area contributed by atoms with E-state index in [0.29, 0.717) is 31.8 Å². The predicted octanol–water partition coefficient (Wildman–Crippen LogP) is 1.37. The van der Waals surface area contributed by atoms with Crippen LogP contribution in [0.5, 0.6) is 0 Å². The van der Waals surface area contributed by atoms with Crippen molar-refractivity contribution < 1.29 is 19.4 Å². The SMILES string of the molecule is CN(CC(=O)O)CC1CN(C(=O)c2csc(Br)c2)CCO1. The summed E-state index contributed by atoms with van der Waals surface area (Å²) >= 11 is 4.83. The molecule has 21 heavy (non-hydrogen) atoms. The van der Waals surface area contributed by atoms with E-state index >= 15 is 0 Å². The average molecular weight is 377 g/mol. The quantitative estimate of drug-likeness (QED) is 0.840. The molecule has 2 rings (SSSR count). The second-order valence-corrected chi connectivity index (χ2v) is 7.26. The molecule has 0 bridgehead atoms. The first kappa shape index (κ1) is 16.4. The molecule has 1 atom stereocenters. The van der Waals surface area contributed by atoms with Gasteiger partial charge in [-0.25, -0.2) is 0 Å². The first-order valence-electron chi connectivity index (χ1n) is 6.51. The highest BCUT2D eigenvalue weighted by molar-refractivity contribution is 9.11. The fraction of sp³-hybridized carbons (Fsp3) is 0.538. The Kier molecular flexibility index (Phi) is 5.74. The molecule has 1 aromatic rings. The zero-order chi connectivity index (χ0) is 15.4. The number of carboxylic acid groups (broad SMARTS) is 1. The minimum atomic E-state index is -0.871. The van der Waals surface area contributed by atoms with Crippen molar-refractivity contribution in [3.63, 3.8) is 0 Å². The third kappa shape index (κ3) is 4.77.